The zero-order valence-corrected chi connectivity index (χ0v) is 16.6. The Morgan fingerprint density at radius 1 is 0.774 bits per heavy atom. The zero-order chi connectivity index (χ0) is 22.1. The molecule has 31 heavy (non-hydrogen) atoms. The second-order valence-electron chi connectivity index (χ2n) is 6.20. The third kappa shape index (κ3) is 6.43. The monoisotopic (exact) mass is 419 g/mol. The first-order valence-electron chi connectivity index (χ1n) is 9.33. The van der Waals surface area contributed by atoms with Gasteiger partial charge in [-0.2, -0.15) is 0 Å². The first kappa shape index (κ1) is 21.6. The lowest BCUT2D eigenvalue weighted by molar-refractivity contribution is -0.131. The fraction of sp³-hybridized carbons (Fsp3) is 0.0833. The van der Waals surface area contributed by atoms with E-state index in [2.05, 4.69) is 0 Å². The van der Waals surface area contributed by atoms with Crippen molar-refractivity contribution < 1.29 is 33.3 Å². The number of carbonyl (C=O) groups is 3. The molecule has 0 fully saturated rings. The maximum absolute atomic E-state index is 12.2. The topological polar surface area (TPSA) is 88.1 Å². The minimum Gasteiger partial charge on any atom is -0.458 e. The van der Waals surface area contributed by atoms with Crippen LogP contribution in [0.15, 0.2) is 78.9 Å². The third-order valence-corrected chi connectivity index (χ3v) is 3.90. The predicted molar refractivity (Wildman–Crippen MR) is 111 cm³/mol. The van der Waals surface area contributed by atoms with Gasteiger partial charge in [-0.3, -0.25) is 4.79 Å². The summed E-state index contributed by atoms with van der Waals surface area (Å²) in [6, 6.07) is 21.9. The molecule has 0 atom stereocenters. The number of rotatable bonds is 8. The molecule has 7 nitrogen and oxygen atoms in total. The molecule has 0 aliphatic carbocycles. The molecular weight excluding hydrogens is 400 g/mol. The summed E-state index contributed by atoms with van der Waals surface area (Å²) in [4.78, 5) is 35.4. The standard InChI is InChI=1S/C24H19O7/c1-17(25)30-22-10-6-5-9-21(22)24(27)29-16-15-28-23(26)18-11-13-20(14-12-18)31-19-7-3-2-4-8-19/h2-15H,16H2,1H3. The average molecular weight is 419 g/mol. The van der Waals surface area contributed by atoms with Crippen molar-refractivity contribution >= 4 is 17.9 Å². The average Bonchev–Trinajstić information content (AvgIpc) is 2.77. The highest BCUT2D eigenvalue weighted by Gasteiger charge is 2.15. The minimum absolute atomic E-state index is 0.0893. The first-order valence-corrected chi connectivity index (χ1v) is 9.33. The normalized spacial score (nSPS) is 10.1. The molecule has 0 aliphatic rings. The van der Waals surface area contributed by atoms with Gasteiger partial charge in [0.2, 0.25) is 0 Å². The molecule has 0 aliphatic heterocycles. The van der Waals surface area contributed by atoms with Crippen LogP contribution in [-0.2, 0) is 14.3 Å². The van der Waals surface area contributed by atoms with Crippen LogP contribution in [0.3, 0.4) is 0 Å². The van der Waals surface area contributed by atoms with Gasteiger partial charge in [0.05, 0.1) is 5.56 Å². The van der Waals surface area contributed by atoms with Gasteiger partial charge in [0.1, 0.15) is 29.4 Å². The molecule has 3 rings (SSSR count). The van der Waals surface area contributed by atoms with E-state index < -0.39 is 17.9 Å². The van der Waals surface area contributed by atoms with E-state index in [1.165, 1.54) is 19.1 Å². The number of hydrogen-bond donors (Lipinski definition) is 0. The van der Waals surface area contributed by atoms with Crippen LogP contribution >= 0.6 is 0 Å². The highest BCUT2D eigenvalue weighted by Crippen LogP contribution is 2.22. The number of para-hydroxylation sites is 2. The zero-order valence-electron chi connectivity index (χ0n) is 16.6. The van der Waals surface area contributed by atoms with Crippen molar-refractivity contribution in [3.63, 3.8) is 0 Å². The highest BCUT2D eigenvalue weighted by molar-refractivity contribution is 5.93. The van der Waals surface area contributed by atoms with E-state index in [1.54, 1.807) is 36.4 Å². The summed E-state index contributed by atoms with van der Waals surface area (Å²) < 4.78 is 20.7. The van der Waals surface area contributed by atoms with E-state index in [-0.39, 0.29) is 17.9 Å². The number of carbonyl (C=O) groups excluding carboxylic acids is 3. The Kier molecular flexibility index (Phi) is 7.37. The van der Waals surface area contributed by atoms with E-state index in [9.17, 15) is 14.4 Å². The Bertz CT molecular complexity index is 1040. The molecule has 7 heteroatoms. The third-order valence-electron chi connectivity index (χ3n) is 3.90. The van der Waals surface area contributed by atoms with Crippen molar-refractivity contribution in [2.24, 2.45) is 0 Å². The summed E-state index contributed by atoms with van der Waals surface area (Å²) in [6.07, 6.45) is 0. The van der Waals surface area contributed by atoms with Crippen molar-refractivity contribution in [2.75, 3.05) is 6.61 Å². The molecule has 0 spiro atoms. The van der Waals surface area contributed by atoms with E-state index in [4.69, 9.17) is 18.9 Å². The van der Waals surface area contributed by atoms with Crippen LogP contribution in [0.1, 0.15) is 27.6 Å². The second kappa shape index (κ2) is 10.6. The molecule has 157 valence electrons. The lowest BCUT2D eigenvalue weighted by atomic mass is 10.2. The minimum atomic E-state index is -0.716. The van der Waals surface area contributed by atoms with Crippen LogP contribution in [0.5, 0.6) is 17.2 Å². The fourth-order valence-electron chi connectivity index (χ4n) is 2.53. The Labute approximate surface area is 179 Å². The van der Waals surface area contributed by atoms with Crippen molar-refractivity contribution in [3.05, 3.63) is 96.6 Å². The summed E-state index contributed by atoms with van der Waals surface area (Å²) >= 11 is 0. The maximum atomic E-state index is 12.2. The molecule has 0 aromatic heterocycles. The Morgan fingerprint density at radius 2 is 1.42 bits per heavy atom. The lowest BCUT2D eigenvalue weighted by Crippen LogP contribution is -2.13. The molecule has 0 heterocycles. The van der Waals surface area contributed by atoms with Gasteiger partial charge in [-0.1, -0.05) is 30.3 Å². The molecular formula is C24H19O7. The largest absolute Gasteiger partial charge is 0.458 e. The number of benzene rings is 3. The van der Waals surface area contributed by atoms with Gasteiger partial charge < -0.3 is 18.9 Å². The Balaban J connectivity index is 1.46. The molecule has 0 saturated carbocycles. The smallest absolute Gasteiger partial charge is 0.342 e. The number of esters is 3. The Hall–Kier alpha value is -4.13. The van der Waals surface area contributed by atoms with Gasteiger partial charge in [0, 0.05) is 6.92 Å². The van der Waals surface area contributed by atoms with E-state index in [0.717, 1.165) is 6.61 Å². The molecule has 0 N–H and O–H groups in total. The van der Waals surface area contributed by atoms with Crippen molar-refractivity contribution in [2.45, 2.75) is 6.92 Å². The quantitative estimate of drug-likeness (QED) is 0.300. The van der Waals surface area contributed by atoms with E-state index >= 15 is 0 Å². The van der Waals surface area contributed by atoms with Crippen LogP contribution in [0.2, 0.25) is 0 Å². The van der Waals surface area contributed by atoms with Crippen LogP contribution in [0.4, 0.5) is 0 Å². The van der Waals surface area contributed by atoms with Gasteiger partial charge in [-0.05, 0) is 48.5 Å². The van der Waals surface area contributed by atoms with Gasteiger partial charge in [-0.25, -0.2) is 9.59 Å². The van der Waals surface area contributed by atoms with Crippen LogP contribution < -0.4 is 9.47 Å². The number of hydrogen-bond acceptors (Lipinski definition) is 7. The summed E-state index contributed by atoms with van der Waals surface area (Å²) in [5.74, 6) is -0.528. The van der Waals surface area contributed by atoms with Gasteiger partial charge in [-0.15, -0.1) is 0 Å². The van der Waals surface area contributed by atoms with E-state index in [1.807, 2.05) is 30.3 Å². The predicted octanol–water partition coefficient (Wildman–Crippen LogP) is 4.58. The fourth-order valence-corrected chi connectivity index (χ4v) is 2.53. The summed E-state index contributed by atoms with van der Waals surface area (Å²) in [5.41, 5.74) is 0.398. The SMILES string of the molecule is CC(=O)Oc1ccccc1C(=O)OC[CH]OC(=O)c1ccc(Oc2ccccc2)cc1. The van der Waals surface area contributed by atoms with Gasteiger partial charge >= 0.3 is 17.9 Å². The highest BCUT2D eigenvalue weighted by atomic mass is 16.6. The van der Waals surface area contributed by atoms with Crippen LogP contribution in [0, 0.1) is 6.61 Å². The second-order valence-corrected chi connectivity index (χ2v) is 6.20. The van der Waals surface area contributed by atoms with Crippen molar-refractivity contribution in [1.29, 1.82) is 0 Å². The first-order chi connectivity index (χ1) is 15.0. The molecule has 0 bridgehead atoms. The van der Waals surface area contributed by atoms with Crippen molar-refractivity contribution in [3.8, 4) is 17.2 Å². The van der Waals surface area contributed by atoms with Gasteiger partial charge in [0.25, 0.3) is 0 Å². The molecule has 0 unspecified atom stereocenters. The molecule has 1 radical (unpaired) electrons. The molecule has 3 aromatic carbocycles. The maximum Gasteiger partial charge on any atom is 0.342 e. The summed E-state index contributed by atoms with van der Waals surface area (Å²) in [5, 5.41) is 0. The van der Waals surface area contributed by atoms with Crippen LogP contribution in [0.25, 0.3) is 0 Å². The summed E-state index contributed by atoms with van der Waals surface area (Å²) in [7, 11) is 0. The van der Waals surface area contributed by atoms with Crippen molar-refractivity contribution in [1.82, 2.24) is 0 Å². The molecule has 0 saturated heterocycles. The van der Waals surface area contributed by atoms with E-state index in [0.29, 0.717) is 17.1 Å². The Morgan fingerprint density at radius 3 is 2.13 bits per heavy atom. The van der Waals surface area contributed by atoms with Gasteiger partial charge in [0.15, 0.2) is 6.61 Å². The number of ether oxygens (including phenoxy) is 4. The lowest BCUT2D eigenvalue weighted by Gasteiger charge is -2.09. The molecule has 0 amide bonds. The molecule has 3 aromatic rings. The summed E-state index contributed by atoms with van der Waals surface area (Å²) in [6.45, 7) is 2.03. The van der Waals surface area contributed by atoms with Crippen LogP contribution in [-0.4, -0.2) is 24.5 Å².